The molecule has 0 bridgehead atoms. The Morgan fingerprint density at radius 3 is 1.75 bits per heavy atom. The van der Waals surface area contributed by atoms with Gasteiger partial charge in [-0.3, -0.25) is 0 Å². The molecule has 3 saturated carbocycles. The quantitative estimate of drug-likeness (QED) is 0.445. The van der Waals surface area contributed by atoms with Gasteiger partial charge in [0.15, 0.2) is 0 Å². The van der Waals surface area contributed by atoms with Crippen molar-refractivity contribution < 1.29 is 0 Å². The maximum Gasteiger partial charge on any atom is -0.0352 e. The van der Waals surface area contributed by atoms with Crippen LogP contribution in [0.3, 0.4) is 0 Å². The Labute approximate surface area is 50.3 Å². The molecule has 44 valence electrons. The molecule has 3 fully saturated rings. The van der Waals surface area contributed by atoms with Gasteiger partial charge < -0.3 is 0 Å². The van der Waals surface area contributed by atoms with Crippen molar-refractivity contribution in [2.24, 2.45) is 23.7 Å². The predicted molar refractivity (Wildman–Crippen MR) is 32.4 cm³/mol. The first-order valence-electron chi connectivity index (χ1n) is 3.95. The summed E-state index contributed by atoms with van der Waals surface area (Å²) >= 11 is 0. The molecule has 0 aromatic heterocycles. The topological polar surface area (TPSA) is 0 Å². The molecule has 0 aliphatic heterocycles. The average molecular weight is 108 g/mol. The van der Waals surface area contributed by atoms with Crippen LogP contribution in [0.15, 0.2) is 0 Å². The highest BCUT2D eigenvalue weighted by atomic mass is 14.6. The Morgan fingerprint density at radius 2 is 1.25 bits per heavy atom. The molecule has 0 aromatic carbocycles. The van der Waals surface area contributed by atoms with Crippen LogP contribution in [0.5, 0.6) is 0 Å². The number of rotatable bonds is 0. The van der Waals surface area contributed by atoms with Crippen molar-refractivity contribution in [3.8, 4) is 0 Å². The largest absolute Gasteiger partial charge is 0.0499 e. The third kappa shape index (κ3) is 0.340. The van der Waals surface area contributed by atoms with Gasteiger partial charge in [0.2, 0.25) is 0 Å². The molecule has 3 aliphatic carbocycles. The number of hydrogen-bond donors (Lipinski definition) is 0. The van der Waals surface area contributed by atoms with Gasteiger partial charge >= 0.3 is 0 Å². The summed E-state index contributed by atoms with van der Waals surface area (Å²) in [6.45, 7) is 0. The second-order valence-electron chi connectivity index (χ2n) is 3.90. The third-order valence-electron chi connectivity index (χ3n) is 3.41. The first kappa shape index (κ1) is 3.92. The second-order valence-corrected chi connectivity index (χ2v) is 3.90. The Balaban J connectivity index is 1.89. The average Bonchev–Trinajstić information content (AvgIpc) is 2.59. The van der Waals surface area contributed by atoms with E-state index in [1.54, 1.807) is 25.7 Å². The monoisotopic (exact) mass is 108 g/mol. The molecule has 0 saturated heterocycles. The van der Waals surface area contributed by atoms with E-state index in [0.29, 0.717) is 0 Å². The van der Waals surface area contributed by atoms with E-state index in [0.717, 1.165) is 0 Å². The van der Waals surface area contributed by atoms with Crippen molar-refractivity contribution in [2.75, 3.05) is 0 Å². The molecule has 3 rings (SSSR count). The molecule has 0 nitrogen and oxygen atoms in total. The summed E-state index contributed by atoms with van der Waals surface area (Å²) in [5, 5.41) is 0. The zero-order chi connectivity index (χ0) is 5.14. The molecule has 3 aliphatic rings. The predicted octanol–water partition coefficient (Wildman–Crippen LogP) is 2.05. The fraction of sp³-hybridized carbons (Fsp3) is 1.00. The summed E-state index contributed by atoms with van der Waals surface area (Å²) in [7, 11) is 0. The molecule has 0 unspecified atom stereocenters. The minimum Gasteiger partial charge on any atom is -0.0499 e. The van der Waals surface area contributed by atoms with Gasteiger partial charge in [-0.15, -0.1) is 0 Å². The smallest absolute Gasteiger partial charge is 0.0352 e. The summed E-state index contributed by atoms with van der Waals surface area (Å²) < 4.78 is 0. The minimum atomic E-state index is 1.22. The van der Waals surface area contributed by atoms with E-state index in [2.05, 4.69) is 0 Å². The summed E-state index contributed by atoms with van der Waals surface area (Å²) in [5.74, 6) is 4.93. The van der Waals surface area contributed by atoms with Crippen LogP contribution in [-0.2, 0) is 0 Å². The highest BCUT2D eigenvalue weighted by Crippen LogP contribution is 2.65. The summed E-state index contributed by atoms with van der Waals surface area (Å²) in [6, 6.07) is 0. The summed E-state index contributed by atoms with van der Waals surface area (Å²) in [6.07, 6.45) is 6.40. The lowest BCUT2D eigenvalue weighted by molar-refractivity contribution is 0.456. The minimum absolute atomic E-state index is 1.22. The zero-order valence-corrected chi connectivity index (χ0v) is 5.14. The molecule has 4 atom stereocenters. The van der Waals surface area contributed by atoms with Crippen LogP contribution >= 0.6 is 0 Å². The van der Waals surface area contributed by atoms with Crippen LogP contribution in [0.2, 0.25) is 0 Å². The molecule has 0 heterocycles. The van der Waals surface area contributed by atoms with E-state index in [1.807, 2.05) is 0 Å². The molecule has 0 amide bonds. The number of hydrogen-bond acceptors (Lipinski definition) is 0. The van der Waals surface area contributed by atoms with Crippen molar-refractivity contribution in [2.45, 2.75) is 25.7 Å². The number of fused-ring (bicyclic) bond motifs is 3. The van der Waals surface area contributed by atoms with Crippen LogP contribution in [0, 0.1) is 23.7 Å². The molecule has 8 heavy (non-hydrogen) atoms. The van der Waals surface area contributed by atoms with Crippen molar-refractivity contribution in [1.29, 1.82) is 0 Å². The van der Waals surface area contributed by atoms with E-state index in [1.165, 1.54) is 23.7 Å². The lowest BCUT2D eigenvalue weighted by Crippen LogP contribution is -1.96. The highest BCUT2D eigenvalue weighted by molar-refractivity contribution is 5.06. The van der Waals surface area contributed by atoms with Crippen molar-refractivity contribution in [1.82, 2.24) is 0 Å². The van der Waals surface area contributed by atoms with Gasteiger partial charge in [-0.25, -0.2) is 0 Å². The first-order chi connectivity index (χ1) is 3.95. The van der Waals surface area contributed by atoms with Crippen LogP contribution in [0.4, 0.5) is 0 Å². The maximum absolute atomic E-state index is 1.61. The molecular weight excluding hydrogens is 96.1 g/mol. The van der Waals surface area contributed by atoms with Crippen LogP contribution < -0.4 is 0 Å². The van der Waals surface area contributed by atoms with Gasteiger partial charge in [0, 0.05) is 0 Å². The normalized spacial score (nSPS) is 66.0. The molecule has 0 aromatic rings. The standard InChI is InChI=1S/C8H12/c1-2-6-4-8(6)7-3-5(1)7/h5-8H,1-4H2/t5-,6+,7+,8-. The van der Waals surface area contributed by atoms with Gasteiger partial charge in [-0.1, -0.05) is 0 Å². The van der Waals surface area contributed by atoms with Crippen molar-refractivity contribution in [3.05, 3.63) is 0 Å². The fourth-order valence-electron chi connectivity index (χ4n) is 2.68. The van der Waals surface area contributed by atoms with Crippen molar-refractivity contribution >= 4 is 0 Å². The van der Waals surface area contributed by atoms with E-state index < -0.39 is 0 Å². The first-order valence-corrected chi connectivity index (χ1v) is 3.95. The van der Waals surface area contributed by atoms with Gasteiger partial charge in [0.1, 0.15) is 0 Å². The molecule has 0 heteroatoms. The highest BCUT2D eigenvalue weighted by Gasteiger charge is 2.56. The molecule has 0 radical (unpaired) electrons. The van der Waals surface area contributed by atoms with E-state index >= 15 is 0 Å². The van der Waals surface area contributed by atoms with E-state index in [4.69, 9.17) is 0 Å². The molecule has 0 N–H and O–H groups in total. The second kappa shape index (κ2) is 0.984. The maximum atomic E-state index is 1.61. The Bertz CT molecular complexity index is 112. The fourth-order valence-corrected chi connectivity index (χ4v) is 2.68. The van der Waals surface area contributed by atoms with E-state index in [-0.39, 0.29) is 0 Å². The van der Waals surface area contributed by atoms with Gasteiger partial charge in [0.25, 0.3) is 0 Å². The lowest BCUT2D eigenvalue weighted by atomic mass is 10.0. The Kier molecular flexibility index (Phi) is 0.482. The van der Waals surface area contributed by atoms with Gasteiger partial charge in [-0.2, -0.15) is 0 Å². The molecular formula is C8H12. The summed E-state index contributed by atoms with van der Waals surface area (Å²) in [4.78, 5) is 0. The third-order valence-corrected chi connectivity index (χ3v) is 3.41. The van der Waals surface area contributed by atoms with E-state index in [9.17, 15) is 0 Å². The van der Waals surface area contributed by atoms with Gasteiger partial charge in [-0.05, 0) is 49.4 Å². The Morgan fingerprint density at radius 1 is 0.750 bits per heavy atom. The van der Waals surface area contributed by atoms with Crippen LogP contribution in [-0.4, -0.2) is 0 Å². The van der Waals surface area contributed by atoms with Crippen LogP contribution in [0.25, 0.3) is 0 Å². The molecule has 0 spiro atoms. The Hall–Kier alpha value is 0. The summed E-state index contributed by atoms with van der Waals surface area (Å²) in [5.41, 5.74) is 0. The zero-order valence-electron chi connectivity index (χ0n) is 5.14. The van der Waals surface area contributed by atoms with Crippen LogP contribution in [0.1, 0.15) is 25.7 Å². The lowest BCUT2D eigenvalue weighted by Gasteiger charge is -2.04. The van der Waals surface area contributed by atoms with Gasteiger partial charge in [0.05, 0.1) is 0 Å². The SMILES string of the molecule is C1C[C@@H]2C[C@@H]2[C@@H]2C[C@H]12. The van der Waals surface area contributed by atoms with Crippen molar-refractivity contribution in [3.63, 3.8) is 0 Å².